The molecule has 1 aliphatic heterocycles. The summed E-state index contributed by atoms with van der Waals surface area (Å²) in [5.41, 5.74) is -0.0209. The Balaban J connectivity index is 0.00000450. The van der Waals surface area contributed by atoms with Crippen LogP contribution >= 0.6 is 24.0 Å². The first-order chi connectivity index (χ1) is 13.6. The highest BCUT2D eigenvalue weighted by Gasteiger charge is 2.34. The summed E-state index contributed by atoms with van der Waals surface area (Å²) >= 11 is 0. The van der Waals surface area contributed by atoms with E-state index < -0.39 is 15.6 Å². The number of aliphatic hydroxyl groups excluding tert-OH is 1. The third kappa shape index (κ3) is 7.95. The highest BCUT2D eigenvalue weighted by molar-refractivity contribution is 14.0. The van der Waals surface area contributed by atoms with Gasteiger partial charge in [0.25, 0.3) is 0 Å². The molecule has 1 unspecified atom stereocenters. The maximum absolute atomic E-state index is 12.8. The minimum atomic E-state index is -3.64. The number of sulfonamides is 1. The SMILES string of the molecule is CN=C(NCc1ccccc1S(=O)(=O)NC(C)(C)C)NCC1(CCO)CCOC1.I. The molecule has 2 rings (SSSR count). The highest BCUT2D eigenvalue weighted by Crippen LogP contribution is 2.31. The third-order valence-corrected chi connectivity index (χ3v) is 6.69. The first-order valence-corrected chi connectivity index (χ1v) is 11.3. The fourth-order valence-corrected chi connectivity index (χ4v) is 5.01. The molecule has 1 saturated heterocycles. The van der Waals surface area contributed by atoms with Gasteiger partial charge >= 0.3 is 0 Å². The zero-order valence-electron chi connectivity index (χ0n) is 18.2. The van der Waals surface area contributed by atoms with Crippen LogP contribution in [0.5, 0.6) is 0 Å². The van der Waals surface area contributed by atoms with Crippen LogP contribution in [0.1, 0.15) is 39.2 Å². The summed E-state index contributed by atoms with van der Waals surface area (Å²) in [4.78, 5) is 4.48. The molecule has 0 aromatic heterocycles. The van der Waals surface area contributed by atoms with Crippen LogP contribution in [0.15, 0.2) is 34.2 Å². The first kappa shape index (κ1) is 27.1. The lowest BCUT2D eigenvalue weighted by Crippen LogP contribution is -2.44. The van der Waals surface area contributed by atoms with E-state index in [1.54, 1.807) is 25.2 Å². The number of aliphatic hydroxyl groups is 1. The van der Waals surface area contributed by atoms with E-state index in [4.69, 9.17) is 4.74 Å². The predicted octanol–water partition coefficient (Wildman–Crippen LogP) is 1.84. The third-order valence-electron chi connectivity index (χ3n) is 4.83. The quantitative estimate of drug-likeness (QED) is 0.222. The van der Waals surface area contributed by atoms with Crippen molar-refractivity contribution in [1.82, 2.24) is 15.4 Å². The van der Waals surface area contributed by atoms with Crippen molar-refractivity contribution in [1.29, 1.82) is 0 Å². The van der Waals surface area contributed by atoms with Gasteiger partial charge in [-0.3, -0.25) is 4.99 Å². The van der Waals surface area contributed by atoms with Crippen molar-refractivity contribution < 1.29 is 18.3 Å². The summed E-state index contributed by atoms with van der Waals surface area (Å²) in [6, 6.07) is 6.92. The fraction of sp³-hybridized carbons (Fsp3) is 0.650. The minimum absolute atomic E-state index is 0. The molecule has 0 aliphatic carbocycles. The fourth-order valence-electron chi connectivity index (χ4n) is 3.35. The predicted molar refractivity (Wildman–Crippen MR) is 130 cm³/mol. The summed E-state index contributed by atoms with van der Waals surface area (Å²) in [6.45, 7) is 7.79. The molecule has 1 heterocycles. The molecule has 0 spiro atoms. The van der Waals surface area contributed by atoms with Gasteiger partial charge in [0.05, 0.1) is 11.5 Å². The molecule has 0 bridgehead atoms. The monoisotopic (exact) mass is 554 g/mol. The number of guanidine groups is 1. The molecule has 0 saturated carbocycles. The molecule has 1 aromatic carbocycles. The molecule has 1 aromatic rings. The van der Waals surface area contributed by atoms with Gasteiger partial charge in [-0.05, 0) is 45.2 Å². The van der Waals surface area contributed by atoms with Crippen LogP contribution in [0.3, 0.4) is 0 Å². The highest BCUT2D eigenvalue weighted by atomic mass is 127. The van der Waals surface area contributed by atoms with Crippen molar-refractivity contribution in [2.24, 2.45) is 10.4 Å². The Labute approximate surface area is 197 Å². The van der Waals surface area contributed by atoms with E-state index in [0.29, 0.717) is 44.2 Å². The summed E-state index contributed by atoms with van der Waals surface area (Å²) in [6.07, 6.45) is 1.55. The molecule has 0 amide bonds. The Bertz CT molecular complexity index is 803. The average Bonchev–Trinajstić information content (AvgIpc) is 3.09. The van der Waals surface area contributed by atoms with Gasteiger partial charge < -0.3 is 20.5 Å². The second-order valence-corrected chi connectivity index (χ2v) is 10.2. The van der Waals surface area contributed by atoms with Crippen LogP contribution in [-0.4, -0.2) is 58.4 Å². The van der Waals surface area contributed by atoms with Crippen molar-refractivity contribution in [2.75, 3.05) is 33.4 Å². The lowest BCUT2D eigenvalue weighted by Gasteiger charge is -2.27. The van der Waals surface area contributed by atoms with Crippen molar-refractivity contribution in [2.45, 2.75) is 50.6 Å². The van der Waals surface area contributed by atoms with Gasteiger partial charge in [0, 0.05) is 44.3 Å². The molecule has 1 fully saturated rings. The van der Waals surface area contributed by atoms with E-state index in [-0.39, 0.29) is 40.9 Å². The number of rotatable bonds is 8. The second-order valence-electron chi connectivity index (χ2n) is 8.52. The van der Waals surface area contributed by atoms with Gasteiger partial charge in [0.15, 0.2) is 5.96 Å². The standard InChI is InChI=1S/C20H34N4O4S.HI/c1-19(2,3)24-29(26,27)17-8-6-5-7-16(17)13-22-18(21-4)23-14-20(9-11-25)10-12-28-15-20;/h5-8,24-25H,9-15H2,1-4H3,(H2,21,22,23);1H. The van der Waals surface area contributed by atoms with E-state index in [2.05, 4.69) is 20.3 Å². The van der Waals surface area contributed by atoms with Crippen molar-refractivity contribution in [3.05, 3.63) is 29.8 Å². The molecule has 0 radical (unpaired) electrons. The summed E-state index contributed by atoms with van der Waals surface area (Å²) in [7, 11) is -1.97. The number of hydrogen-bond donors (Lipinski definition) is 4. The molecular formula is C20H35IN4O4S. The number of benzene rings is 1. The Hall–Kier alpha value is -0.950. The van der Waals surface area contributed by atoms with Crippen LogP contribution in [-0.2, 0) is 21.3 Å². The molecule has 1 aliphatic rings. The number of aliphatic imine (C=N–C) groups is 1. The molecule has 10 heteroatoms. The maximum Gasteiger partial charge on any atom is 0.241 e. The van der Waals surface area contributed by atoms with Gasteiger partial charge in [-0.25, -0.2) is 13.1 Å². The summed E-state index contributed by atoms with van der Waals surface area (Å²) < 4.78 is 33.8. The van der Waals surface area contributed by atoms with Gasteiger partial charge in [-0.1, -0.05) is 18.2 Å². The van der Waals surface area contributed by atoms with Crippen molar-refractivity contribution in [3.8, 4) is 0 Å². The van der Waals surface area contributed by atoms with E-state index in [9.17, 15) is 13.5 Å². The van der Waals surface area contributed by atoms with Crippen LogP contribution in [0, 0.1) is 5.41 Å². The average molecular weight is 554 g/mol. The molecule has 30 heavy (non-hydrogen) atoms. The molecular weight excluding hydrogens is 519 g/mol. The van der Waals surface area contributed by atoms with E-state index in [0.717, 1.165) is 6.42 Å². The number of halogens is 1. The van der Waals surface area contributed by atoms with Crippen LogP contribution < -0.4 is 15.4 Å². The van der Waals surface area contributed by atoms with Crippen LogP contribution in [0.4, 0.5) is 0 Å². The first-order valence-electron chi connectivity index (χ1n) is 9.86. The molecule has 172 valence electrons. The zero-order valence-corrected chi connectivity index (χ0v) is 21.3. The van der Waals surface area contributed by atoms with Crippen LogP contribution in [0.2, 0.25) is 0 Å². The summed E-state index contributed by atoms with van der Waals surface area (Å²) in [5.74, 6) is 0.574. The summed E-state index contributed by atoms with van der Waals surface area (Å²) in [5, 5.41) is 15.8. The van der Waals surface area contributed by atoms with Gasteiger partial charge in [-0.15, -0.1) is 24.0 Å². The largest absolute Gasteiger partial charge is 0.396 e. The van der Waals surface area contributed by atoms with Crippen molar-refractivity contribution in [3.63, 3.8) is 0 Å². The molecule has 8 nitrogen and oxygen atoms in total. The van der Waals surface area contributed by atoms with E-state index >= 15 is 0 Å². The molecule has 1 atom stereocenters. The van der Waals surface area contributed by atoms with Gasteiger partial charge in [-0.2, -0.15) is 0 Å². The molecule has 4 N–H and O–H groups in total. The van der Waals surface area contributed by atoms with Crippen LogP contribution in [0.25, 0.3) is 0 Å². The Morgan fingerprint density at radius 1 is 1.27 bits per heavy atom. The number of hydrogen-bond acceptors (Lipinski definition) is 5. The lowest BCUT2D eigenvalue weighted by molar-refractivity contribution is 0.127. The lowest BCUT2D eigenvalue weighted by atomic mass is 9.84. The second kappa shape index (κ2) is 11.6. The topological polar surface area (TPSA) is 112 Å². The van der Waals surface area contributed by atoms with Gasteiger partial charge in [0.1, 0.15) is 0 Å². The van der Waals surface area contributed by atoms with Crippen molar-refractivity contribution >= 4 is 40.0 Å². The minimum Gasteiger partial charge on any atom is -0.396 e. The Kier molecular flexibility index (Phi) is 10.5. The Morgan fingerprint density at radius 2 is 1.97 bits per heavy atom. The number of nitrogens with one attached hydrogen (secondary N) is 3. The zero-order chi connectivity index (χ0) is 21.5. The number of ether oxygens (including phenoxy) is 1. The van der Waals surface area contributed by atoms with E-state index in [1.807, 2.05) is 26.8 Å². The number of nitrogens with zero attached hydrogens (tertiary/aromatic N) is 1. The normalized spacial score (nSPS) is 20.0. The van der Waals surface area contributed by atoms with E-state index in [1.165, 1.54) is 0 Å². The van der Waals surface area contributed by atoms with Gasteiger partial charge in [0.2, 0.25) is 10.0 Å². The Morgan fingerprint density at radius 3 is 2.53 bits per heavy atom. The smallest absolute Gasteiger partial charge is 0.241 e. The maximum atomic E-state index is 12.8.